The molecule has 1 saturated heterocycles. The molecule has 0 bridgehead atoms. The Hall–Kier alpha value is -2.54. The lowest BCUT2D eigenvalue weighted by atomic mass is 10.2. The highest BCUT2D eigenvalue weighted by molar-refractivity contribution is 7.19. The van der Waals surface area contributed by atoms with Crippen LogP contribution in [-0.4, -0.2) is 46.6 Å². The lowest BCUT2D eigenvalue weighted by Gasteiger charge is -2.17. The number of nitrogens with one attached hydrogen (secondary N) is 1. The molecule has 2 aromatic heterocycles. The van der Waals surface area contributed by atoms with Crippen LogP contribution in [0.4, 0.5) is 5.95 Å². The van der Waals surface area contributed by atoms with E-state index in [1.54, 1.807) is 23.5 Å². The topological polar surface area (TPSA) is 70.5 Å². The van der Waals surface area contributed by atoms with Gasteiger partial charge in [-0.05, 0) is 45.5 Å². The van der Waals surface area contributed by atoms with Gasteiger partial charge in [-0.1, -0.05) is 12.7 Å². The summed E-state index contributed by atoms with van der Waals surface area (Å²) in [6, 6.07) is 1.84. The van der Waals surface area contributed by atoms with Crippen molar-refractivity contribution in [1.29, 1.82) is 0 Å². The Bertz CT molecular complexity index is 879. The number of amides is 1. The molecule has 0 saturated carbocycles. The van der Waals surface area contributed by atoms with Crippen LogP contribution in [-0.2, 0) is 0 Å². The number of aliphatic imine (C=N–C) groups is 1. The number of hydrogen-bond acceptors (Lipinski definition) is 6. The van der Waals surface area contributed by atoms with Crippen LogP contribution in [0, 0.1) is 6.92 Å². The number of thiophene rings is 1. The van der Waals surface area contributed by atoms with E-state index >= 15 is 0 Å². The largest absolute Gasteiger partial charge is 0.346 e. The van der Waals surface area contributed by atoms with Crippen molar-refractivity contribution in [3.63, 3.8) is 0 Å². The van der Waals surface area contributed by atoms with Gasteiger partial charge in [0.15, 0.2) is 5.69 Å². The maximum Gasteiger partial charge on any atom is 0.274 e. The zero-order valence-electron chi connectivity index (χ0n) is 15.2. The second-order valence-electron chi connectivity index (χ2n) is 6.32. The zero-order chi connectivity index (χ0) is 18.7. The summed E-state index contributed by atoms with van der Waals surface area (Å²) >= 11 is 1.56. The van der Waals surface area contributed by atoms with Crippen molar-refractivity contribution < 1.29 is 4.79 Å². The predicted molar refractivity (Wildman–Crippen MR) is 108 cm³/mol. The molecule has 136 valence electrons. The minimum atomic E-state index is -0.155. The predicted octanol–water partition coefficient (Wildman–Crippen LogP) is 3.81. The van der Waals surface area contributed by atoms with E-state index in [-0.39, 0.29) is 11.9 Å². The van der Waals surface area contributed by atoms with E-state index in [1.807, 2.05) is 24.8 Å². The Morgan fingerprint density at radius 1 is 1.42 bits per heavy atom. The summed E-state index contributed by atoms with van der Waals surface area (Å²) in [7, 11) is 0. The first-order valence-electron chi connectivity index (χ1n) is 8.67. The number of carbonyl (C=O) groups excluding carboxylic acids is 1. The van der Waals surface area contributed by atoms with Crippen LogP contribution >= 0.6 is 11.3 Å². The maximum absolute atomic E-state index is 13.0. The highest BCUT2D eigenvalue weighted by atomic mass is 32.1. The summed E-state index contributed by atoms with van der Waals surface area (Å²) in [5.74, 6) is 0.403. The minimum Gasteiger partial charge on any atom is -0.346 e. The van der Waals surface area contributed by atoms with Gasteiger partial charge in [-0.25, -0.2) is 9.97 Å². The monoisotopic (exact) mass is 369 g/mol. The van der Waals surface area contributed by atoms with E-state index in [1.165, 1.54) is 0 Å². The van der Waals surface area contributed by atoms with Crippen molar-refractivity contribution in [2.75, 3.05) is 18.4 Å². The Labute approximate surface area is 157 Å². The van der Waals surface area contributed by atoms with Crippen LogP contribution in [0.2, 0.25) is 0 Å². The number of likely N-dealkylation sites (tertiary alicyclic amines) is 1. The Morgan fingerprint density at radius 2 is 2.15 bits per heavy atom. The van der Waals surface area contributed by atoms with Gasteiger partial charge in [0.1, 0.15) is 0 Å². The first-order valence-corrected chi connectivity index (χ1v) is 9.48. The summed E-state index contributed by atoms with van der Waals surface area (Å²) in [5.41, 5.74) is 2.00. The third-order valence-corrected chi connectivity index (χ3v) is 5.40. The summed E-state index contributed by atoms with van der Waals surface area (Å²) in [6.07, 6.45) is 5.55. The van der Waals surface area contributed by atoms with Gasteiger partial charge in [-0.15, -0.1) is 11.3 Å². The molecule has 6 nitrogen and oxygen atoms in total. The SMILES string of the molecule is C=C/C=C(\N=C)C(C)Nc1nc(C(=O)N2CCCC2)c2sc(C)cc2n1. The van der Waals surface area contributed by atoms with Crippen LogP contribution in [0.5, 0.6) is 0 Å². The molecule has 1 aliphatic heterocycles. The molecule has 7 heteroatoms. The fraction of sp³-hybridized carbons (Fsp3) is 0.368. The van der Waals surface area contributed by atoms with E-state index in [4.69, 9.17) is 0 Å². The van der Waals surface area contributed by atoms with E-state index in [0.29, 0.717) is 11.6 Å². The number of rotatable bonds is 6. The molecule has 0 radical (unpaired) electrons. The second-order valence-corrected chi connectivity index (χ2v) is 7.57. The highest BCUT2D eigenvalue weighted by Crippen LogP contribution is 2.29. The zero-order valence-corrected chi connectivity index (χ0v) is 16.0. The average molecular weight is 369 g/mol. The molecule has 0 spiro atoms. The molecule has 1 fully saturated rings. The molecule has 3 rings (SSSR count). The third-order valence-electron chi connectivity index (χ3n) is 4.35. The van der Waals surface area contributed by atoms with Gasteiger partial charge in [0, 0.05) is 18.0 Å². The Balaban J connectivity index is 1.98. The lowest BCUT2D eigenvalue weighted by molar-refractivity contribution is 0.0789. The van der Waals surface area contributed by atoms with E-state index < -0.39 is 0 Å². The normalized spacial score (nSPS) is 15.9. The van der Waals surface area contributed by atoms with Gasteiger partial charge in [-0.3, -0.25) is 9.79 Å². The first kappa shape index (κ1) is 18.3. The lowest BCUT2D eigenvalue weighted by Crippen LogP contribution is -2.29. The van der Waals surface area contributed by atoms with Crippen molar-refractivity contribution in [3.05, 3.63) is 41.1 Å². The number of anilines is 1. The van der Waals surface area contributed by atoms with Crippen molar-refractivity contribution in [2.24, 2.45) is 4.99 Å². The van der Waals surface area contributed by atoms with Gasteiger partial charge >= 0.3 is 0 Å². The molecule has 1 atom stereocenters. The van der Waals surface area contributed by atoms with Crippen molar-refractivity contribution in [3.8, 4) is 0 Å². The van der Waals surface area contributed by atoms with Crippen LogP contribution in [0.1, 0.15) is 35.1 Å². The van der Waals surface area contributed by atoms with Gasteiger partial charge in [0.05, 0.1) is 22.0 Å². The number of carbonyl (C=O) groups is 1. The number of nitrogens with zero attached hydrogens (tertiary/aromatic N) is 4. The van der Waals surface area contributed by atoms with Gasteiger partial charge in [0.25, 0.3) is 5.91 Å². The van der Waals surface area contributed by atoms with Crippen LogP contribution in [0.15, 0.2) is 35.5 Å². The number of allylic oxidation sites excluding steroid dienone is 2. The van der Waals surface area contributed by atoms with Crippen molar-refractivity contribution >= 4 is 40.1 Å². The molecule has 3 heterocycles. The second kappa shape index (κ2) is 7.78. The van der Waals surface area contributed by atoms with Gasteiger partial charge < -0.3 is 10.2 Å². The standard InChI is InChI=1S/C19H23N5OS/c1-5-8-14(20-4)13(3)21-19-22-15-11-12(2)26-17(15)16(23-19)18(25)24-9-6-7-10-24/h5,8,11,13H,1,4,6-7,9-10H2,2-3H3,(H,21,22,23)/b14-8-. The quantitative estimate of drug-likeness (QED) is 0.621. The Morgan fingerprint density at radius 3 is 2.81 bits per heavy atom. The molecular weight excluding hydrogens is 346 g/mol. The molecule has 26 heavy (non-hydrogen) atoms. The first-order chi connectivity index (χ1) is 12.5. The minimum absolute atomic E-state index is 0.0174. The summed E-state index contributed by atoms with van der Waals surface area (Å²) in [6.45, 7) is 12.8. The molecule has 0 aliphatic carbocycles. The summed E-state index contributed by atoms with van der Waals surface area (Å²) < 4.78 is 0.848. The fourth-order valence-electron chi connectivity index (χ4n) is 3.05. The average Bonchev–Trinajstić information content (AvgIpc) is 3.27. The molecule has 1 N–H and O–H groups in total. The number of aryl methyl sites for hydroxylation is 1. The third kappa shape index (κ3) is 3.67. The van der Waals surface area contributed by atoms with E-state index in [9.17, 15) is 4.79 Å². The number of hydrogen-bond donors (Lipinski definition) is 1. The number of aromatic nitrogens is 2. The van der Waals surface area contributed by atoms with Crippen LogP contribution < -0.4 is 5.32 Å². The highest BCUT2D eigenvalue weighted by Gasteiger charge is 2.25. The molecule has 1 aliphatic rings. The van der Waals surface area contributed by atoms with E-state index in [2.05, 4.69) is 33.6 Å². The van der Waals surface area contributed by atoms with Gasteiger partial charge in [0.2, 0.25) is 5.95 Å². The number of fused-ring (bicyclic) bond motifs is 1. The van der Waals surface area contributed by atoms with Gasteiger partial charge in [-0.2, -0.15) is 0 Å². The smallest absolute Gasteiger partial charge is 0.274 e. The molecule has 0 aromatic carbocycles. The molecule has 2 aromatic rings. The van der Waals surface area contributed by atoms with Crippen LogP contribution in [0.25, 0.3) is 10.2 Å². The molecule has 1 unspecified atom stereocenters. The van der Waals surface area contributed by atoms with Crippen molar-refractivity contribution in [1.82, 2.24) is 14.9 Å². The maximum atomic E-state index is 13.0. The molecule has 1 amide bonds. The Kier molecular flexibility index (Phi) is 5.46. The molecular formula is C19H23N5OS. The summed E-state index contributed by atoms with van der Waals surface area (Å²) in [4.78, 5) is 29.1. The summed E-state index contributed by atoms with van der Waals surface area (Å²) in [5, 5.41) is 3.23. The van der Waals surface area contributed by atoms with Crippen LogP contribution in [0.3, 0.4) is 0 Å². The van der Waals surface area contributed by atoms with E-state index in [0.717, 1.165) is 46.7 Å². The van der Waals surface area contributed by atoms with Crippen molar-refractivity contribution in [2.45, 2.75) is 32.7 Å². The fourth-order valence-corrected chi connectivity index (χ4v) is 3.98.